The zero-order valence-corrected chi connectivity index (χ0v) is 29.8. The van der Waals surface area contributed by atoms with Gasteiger partial charge in [-0.2, -0.15) is 0 Å². The van der Waals surface area contributed by atoms with Crippen LogP contribution >= 0.6 is 0 Å². The molecule has 0 N–H and O–H groups in total. The van der Waals surface area contributed by atoms with Gasteiger partial charge in [0, 0.05) is 44.8 Å². The number of fused-ring (bicyclic) bond motifs is 20. The largest absolute Gasteiger partial charge is 2.00 e. The maximum Gasteiger partial charge on any atom is 2.00 e. The average Bonchev–Trinajstić information content (AvgIpc) is 3.85. The first-order valence-electron chi connectivity index (χ1n) is 15.0. The molecule has 0 unspecified atom stereocenters. The Labute approximate surface area is 291 Å². The fourth-order valence-electron chi connectivity index (χ4n) is 6.21. The zero-order valence-electron chi connectivity index (χ0n) is 26.8. The first-order chi connectivity index (χ1) is 23.6. The van der Waals surface area contributed by atoms with Gasteiger partial charge < -0.3 is 48.9 Å². The molecule has 13 heteroatoms. The summed E-state index contributed by atoms with van der Waals surface area (Å²) in [6.45, 7) is 0. The Morgan fingerprint density at radius 3 is 1.10 bits per heavy atom. The molecule has 234 valence electrons. The van der Waals surface area contributed by atoms with Gasteiger partial charge in [0.15, 0.2) is 23.0 Å². The molecular weight excluding hydrogens is 674 g/mol. The van der Waals surface area contributed by atoms with Gasteiger partial charge in [0.05, 0.1) is 51.7 Å². The Hall–Kier alpha value is -5.94. The van der Waals surface area contributed by atoms with Crippen LogP contribution < -0.4 is 28.9 Å². The maximum absolute atomic E-state index is 5.65. The Morgan fingerprint density at radius 1 is 0.388 bits per heavy atom. The van der Waals surface area contributed by atoms with E-state index in [-0.39, 0.29) is 19.5 Å². The second-order valence-electron chi connectivity index (χ2n) is 11.1. The Balaban J connectivity index is 0.00000348. The topological polar surface area (TPSA) is 142 Å². The Kier molecular flexibility index (Phi) is 7.22. The molecule has 2 aliphatic heterocycles. The molecule has 7 aromatic rings. The van der Waals surface area contributed by atoms with Gasteiger partial charge in [-0.15, -0.1) is 0 Å². The van der Waals surface area contributed by atoms with Crippen LogP contribution in [0.25, 0.3) is 89.7 Å². The molecule has 0 saturated heterocycles. The third kappa shape index (κ3) is 4.68. The number of hydrogen-bond donors (Lipinski definition) is 0. The maximum atomic E-state index is 5.65. The van der Waals surface area contributed by atoms with Crippen LogP contribution in [0.1, 0.15) is 0 Å². The summed E-state index contributed by atoms with van der Waals surface area (Å²) in [5.74, 6) is 3.86. The molecule has 8 bridgehead atoms. The number of nitrogens with zero attached hydrogens (tertiary/aromatic N) is 8. The van der Waals surface area contributed by atoms with Crippen LogP contribution in [-0.4, -0.2) is 58.3 Å². The van der Waals surface area contributed by atoms with Gasteiger partial charge >= 0.3 is 19.5 Å². The predicted molar refractivity (Wildman–Crippen MR) is 180 cm³/mol. The molecule has 0 saturated carbocycles. The van der Waals surface area contributed by atoms with E-state index < -0.39 is 0 Å². The van der Waals surface area contributed by atoms with Crippen molar-refractivity contribution >= 4 is 44.1 Å². The van der Waals surface area contributed by atoms with Crippen LogP contribution in [0.4, 0.5) is 0 Å². The minimum atomic E-state index is 0. The molecule has 5 heterocycles. The van der Waals surface area contributed by atoms with E-state index in [9.17, 15) is 0 Å². The molecular formula is C36H24N8O4Zn. The molecule has 49 heavy (non-hydrogen) atoms. The quantitative estimate of drug-likeness (QED) is 0.194. The third-order valence-corrected chi connectivity index (χ3v) is 8.52. The number of rotatable bonds is 4. The Bertz CT molecular complexity index is 2650. The van der Waals surface area contributed by atoms with Crippen molar-refractivity contribution in [2.45, 2.75) is 0 Å². The zero-order chi connectivity index (χ0) is 32.5. The number of ether oxygens (including phenoxy) is 4. The fourth-order valence-corrected chi connectivity index (χ4v) is 6.21. The summed E-state index contributed by atoms with van der Waals surface area (Å²) >= 11 is 0. The van der Waals surface area contributed by atoms with E-state index in [0.29, 0.717) is 90.8 Å². The van der Waals surface area contributed by atoms with Crippen molar-refractivity contribution in [3.63, 3.8) is 0 Å². The van der Waals surface area contributed by atoms with Gasteiger partial charge in [-0.3, -0.25) is 0 Å². The minimum Gasteiger partial charge on any atom is -0.493 e. The normalized spacial score (nSPS) is 11.5. The number of aromatic nitrogens is 8. The smallest absolute Gasteiger partial charge is 0.493 e. The first kappa shape index (κ1) is 30.4. The number of benzene rings is 4. The van der Waals surface area contributed by atoms with Crippen LogP contribution in [-0.2, 0) is 19.5 Å². The van der Waals surface area contributed by atoms with Gasteiger partial charge in [-0.05, 0) is 45.8 Å². The SMILES string of the molecule is COc1cc2c(cc1OC)-c1nc-2nc2[n-]c(nc3nc(nc4[n-]c(n1)c1cc(OC)c(OC)cc41)-c1ccccc1-3)c1ccccc21.[Zn+2]. The summed E-state index contributed by atoms with van der Waals surface area (Å²) in [6, 6.07) is 23.0. The van der Waals surface area contributed by atoms with Gasteiger partial charge in [0.25, 0.3) is 0 Å². The Morgan fingerprint density at radius 2 is 0.714 bits per heavy atom. The molecule has 2 aliphatic rings. The van der Waals surface area contributed by atoms with Crippen LogP contribution in [0.15, 0.2) is 72.8 Å². The number of hydrogen-bond acceptors (Lipinski definition) is 10. The minimum absolute atomic E-state index is 0. The summed E-state index contributed by atoms with van der Waals surface area (Å²) in [5, 5.41) is 3.05. The van der Waals surface area contributed by atoms with Crippen molar-refractivity contribution in [1.82, 2.24) is 39.9 Å². The van der Waals surface area contributed by atoms with E-state index in [1.165, 1.54) is 0 Å². The van der Waals surface area contributed by atoms with Crippen molar-refractivity contribution in [2.24, 2.45) is 0 Å². The second-order valence-corrected chi connectivity index (χ2v) is 11.1. The van der Waals surface area contributed by atoms with Crippen molar-refractivity contribution in [3.05, 3.63) is 72.8 Å². The van der Waals surface area contributed by atoms with Gasteiger partial charge in [0.2, 0.25) is 0 Å². The van der Waals surface area contributed by atoms with Gasteiger partial charge in [-0.25, -0.2) is 9.97 Å². The van der Waals surface area contributed by atoms with E-state index in [2.05, 4.69) is 0 Å². The summed E-state index contributed by atoms with van der Waals surface area (Å²) in [7, 11) is 6.34. The predicted octanol–water partition coefficient (Wildman–Crippen LogP) is 6.16. The van der Waals surface area contributed by atoms with E-state index >= 15 is 0 Å². The van der Waals surface area contributed by atoms with Crippen molar-refractivity contribution in [1.29, 1.82) is 0 Å². The molecule has 0 aliphatic carbocycles. The molecule has 3 aromatic heterocycles. The van der Waals surface area contributed by atoms with E-state index in [1.54, 1.807) is 28.4 Å². The van der Waals surface area contributed by atoms with Crippen LogP contribution in [0.2, 0.25) is 0 Å². The van der Waals surface area contributed by atoms with Crippen molar-refractivity contribution in [2.75, 3.05) is 28.4 Å². The molecule has 0 amide bonds. The fraction of sp³-hybridized carbons (Fsp3) is 0.111. The molecule has 0 radical (unpaired) electrons. The average molecular weight is 698 g/mol. The van der Waals surface area contributed by atoms with Crippen LogP contribution in [0, 0.1) is 0 Å². The summed E-state index contributed by atoms with van der Waals surface area (Å²) in [5.41, 5.74) is 4.80. The monoisotopic (exact) mass is 696 g/mol. The van der Waals surface area contributed by atoms with E-state index in [0.717, 1.165) is 21.9 Å². The van der Waals surface area contributed by atoms with Gasteiger partial charge in [-0.1, -0.05) is 48.5 Å². The van der Waals surface area contributed by atoms with Crippen LogP contribution in [0.5, 0.6) is 23.0 Å². The molecule has 9 rings (SSSR count). The van der Waals surface area contributed by atoms with E-state index in [4.69, 9.17) is 58.8 Å². The van der Waals surface area contributed by atoms with Crippen molar-refractivity contribution in [3.8, 4) is 68.5 Å². The van der Waals surface area contributed by atoms with E-state index in [1.807, 2.05) is 72.8 Å². The summed E-state index contributed by atoms with van der Waals surface area (Å²) < 4.78 is 22.6. The first-order valence-corrected chi connectivity index (χ1v) is 15.0. The van der Waals surface area contributed by atoms with Crippen molar-refractivity contribution < 1.29 is 38.4 Å². The molecule has 0 atom stereocenters. The van der Waals surface area contributed by atoms with Gasteiger partial charge in [0.1, 0.15) is 0 Å². The third-order valence-electron chi connectivity index (χ3n) is 8.52. The molecule has 12 nitrogen and oxygen atoms in total. The summed E-state index contributed by atoms with van der Waals surface area (Å²) in [6.07, 6.45) is 0. The molecule has 4 aromatic carbocycles. The number of methoxy groups -OCH3 is 4. The standard InChI is InChI=1S/C36H24N8O4.Zn/c1-45-25-13-21-23(15-27(25)47-3)35-42-33(21)40-31-19-11-7-5-9-17(19)29(38-31)37-30-18-10-6-8-12-20(18)32(39-30)41-34-22-14-26(46-2)28(48-4)16-24(22)36(43-34)44-35;/h5-16H,1-4H3;/q-2;+2. The molecule has 0 spiro atoms. The summed E-state index contributed by atoms with van der Waals surface area (Å²) in [4.78, 5) is 39.6. The second kappa shape index (κ2) is 11.6. The molecule has 0 fully saturated rings. The van der Waals surface area contributed by atoms with Crippen LogP contribution in [0.3, 0.4) is 0 Å².